The monoisotopic (exact) mass is 184 g/mol. The average Bonchev–Trinajstić information content (AvgIpc) is 2.33. The number of allylic oxidation sites excluding steroid dienone is 1. The van der Waals surface area contributed by atoms with E-state index in [2.05, 4.69) is 43.3 Å². The lowest BCUT2D eigenvalue weighted by Gasteiger charge is -2.29. The highest BCUT2D eigenvalue weighted by atomic mass is 16.5. The second kappa shape index (κ2) is 2.74. The van der Waals surface area contributed by atoms with Crippen LogP contribution in [0.3, 0.4) is 0 Å². The third kappa shape index (κ3) is 1.02. The van der Waals surface area contributed by atoms with Gasteiger partial charge < -0.3 is 4.74 Å². The smallest absolute Gasteiger partial charge is 0.124 e. The number of ether oxygens (including phenoxy) is 1. The SMILES string of the molecule is CC1OC2=C1CC=c1ccccc1=C2. The fourth-order valence-electron chi connectivity index (χ4n) is 2.06. The Bertz CT molecular complexity index is 522. The highest BCUT2D eigenvalue weighted by molar-refractivity contribution is 5.55. The minimum absolute atomic E-state index is 0.312. The number of hydrogen-bond acceptors (Lipinski definition) is 1. The van der Waals surface area contributed by atoms with Gasteiger partial charge in [0.15, 0.2) is 0 Å². The van der Waals surface area contributed by atoms with Gasteiger partial charge in [0.25, 0.3) is 0 Å². The van der Waals surface area contributed by atoms with Crippen LogP contribution in [0.1, 0.15) is 13.3 Å². The van der Waals surface area contributed by atoms with Gasteiger partial charge in [-0.05, 0) is 29.9 Å². The zero-order valence-electron chi connectivity index (χ0n) is 8.16. The molecule has 0 radical (unpaired) electrons. The average molecular weight is 184 g/mol. The maximum atomic E-state index is 5.58. The van der Waals surface area contributed by atoms with Crippen LogP contribution in [0, 0.1) is 0 Å². The van der Waals surface area contributed by atoms with Gasteiger partial charge in [-0.1, -0.05) is 30.3 Å². The summed E-state index contributed by atoms with van der Waals surface area (Å²) in [6, 6.07) is 8.43. The summed E-state index contributed by atoms with van der Waals surface area (Å²) in [6.07, 6.45) is 5.78. The summed E-state index contributed by atoms with van der Waals surface area (Å²) in [5.41, 5.74) is 1.43. The molecular formula is C13H12O. The van der Waals surface area contributed by atoms with Crippen LogP contribution < -0.4 is 10.4 Å². The van der Waals surface area contributed by atoms with E-state index in [1.54, 1.807) is 0 Å². The molecule has 1 aromatic rings. The van der Waals surface area contributed by atoms with E-state index in [0.29, 0.717) is 6.10 Å². The fourth-order valence-corrected chi connectivity index (χ4v) is 2.06. The molecule has 0 N–H and O–H groups in total. The lowest BCUT2D eigenvalue weighted by atomic mass is 10.0. The van der Waals surface area contributed by atoms with Gasteiger partial charge in [0.2, 0.25) is 0 Å². The summed E-state index contributed by atoms with van der Waals surface area (Å²) in [4.78, 5) is 0. The molecule has 1 aliphatic carbocycles. The molecule has 0 aromatic heterocycles. The Morgan fingerprint density at radius 1 is 1.21 bits per heavy atom. The number of hydrogen-bond donors (Lipinski definition) is 0. The van der Waals surface area contributed by atoms with Crippen LogP contribution in [-0.2, 0) is 4.74 Å². The van der Waals surface area contributed by atoms with Crippen molar-refractivity contribution in [1.29, 1.82) is 0 Å². The van der Waals surface area contributed by atoms with Gasteiger partial charge in [0, 0.05) is 5.57 Å². The normalized spacial score (nSPS) is 23.1. The molecule has 2 aliphatic rings. The largest absolute Gasteiger partial charge is 0.486 e. The first-order chi connectivity index (χ1) is 6.84. The molecule has 3 rings (SSSR count). The van der Waals surface area contributed by atoms with Gasteiger partial charge in [-0.3, -0.25) is 0 Å². The van der Waals surface area contributed by atoms with E-state index in [9.17, 15) is 0 Å². The summed E-state index contributed by atoms with van der Waals surface area (Å²) in [5, 5.41) is 2.59. The first kappa shape index (κ1) is 7.86. The van der Waals surface area contributed by atoms with E-state index in [1.807, 2.05) is 0 Å². The van der Waals surface area contributed by atoms with Crippen molar-refractivity contribution in [2.75, 3.05) is 0 Å². The molecule has 1 atom stereocenters. The van der Waals surface area contributed by atoms with Gasteiger partial charge >= 0.3 is 0 Å². The molecule has 1 heteroatoms. The van der Waals surface area contributed by atoms with Gasteiger partial charge in [0.1, 0.15) is 11.9 Å². The summed E-state index contributed by atoms with van der Waals surface area (Å²) < 4.78 is 5.58. The molecule has 70 valence electrons. The van der Waals surface area contributed by atoms with E-state index in [0.717, 1.165) is 12.2 Å². The Balaban J connectivity index is 2.25. The van der Waals surface area contributed by atoms with Crippen molar-refractivity contribution in [2.45, 2.75) is 19.4 Å². The summed E-state index contributed by atoms with van der Waals surface area (Å²) in [5.74, 6) is 1.08. The first-order valence-corrected chi connectivity index (χ1v) is 5.01. The Morgan fingerprint density at radius 3 is 2.79 bits per heavy atom. The molecule has 0 saturated carbocycles. The summed E-state index contributed by atoms with van der Waals surface area (Å²) in [6.45, 7) is 2.11. The predicted octanol–water partition coefficient (Wildman–Crippen LogP) is 1.32. The molecule has 14 heavy (non-hydrogen) atoms. The molecule has 0 fully saturated rings. The predicted molar refractivity (Wildman–Crippen MR) is 56.8 cm³/mol. The topological polar surface area (TPSA) is 9.23 Å². The number of fused-ring (bicyclic) bond motifs is 1. The zero-order chi connectivity index (χ0) is 9.54. The fraction of sp³-hybridized carbons (Fsp3) is 0.231. The van der Waals surface area contributed by atoms with E-state index < -0.39 is 0 Å². The summed E-state index contributed by atoms with van der Waals surface area (Å²) >= 11 is 0. The second-order valence-electron chi connectivity index (χ2n) is 3.83. The summed E-state index contributed by atoms with van der Waals surface area (Å²) in [7, 11) is 0. The Kier molecular flexibility index (Phi) is 1.54. The maximum absolute atomic E-state index is 5.58. The second-order valence-corrected chi connectivity index (χ2v) is 3.83. The minimum Gasteiger partial charge on any atom is -0.486 e. The van der Waals surface area contributed by atoms with Crippen molar-refractivity contribution in [1.82, 2.24) is 0 Å². The Hall–Kier alpha value is -1.50. The lowest BCUT2D eigenvalue weighted by molar-refractivity contribution is 0.115. The van der Waals surface area contributed by atoms with Crippen LogP contribution in [0.5, 0.6) is 0 Å². The standard InChI is InChI=1S/C13H12O/c1-9-12-7-6-10-4-2-3-5-11(10)8-13(12)14-9/h2-6,8-9H,7H2,1H3. The van der Waals surface area contributed by atoms with Crippen molar-refractivity contribution < 1.29 is 4.74 Å². The zero-order valence-corrected chi connectivity index (χ0v) is 8.16. The number of rotatable bonds is 0. The third-order valence-corrected chi connectivity index (χ3v) is 2.94. The molecule has 1 aliphatic heterocycles. The van der Waals surface area contributed by atoms with Gasteiger partial charge in [0.05, 0.1) is 0 Å². The van der Waals surface area contributed by atoms with E-state index in [1.165, 1.54) is 16.0 Å². The van der Waals surface area contributed by atoms with E-state index in [-0.39, 0.29) is 0 Å². The first-order valence-electron chi connectivity index (χ1n) is 5.01. The minimum atomic E-state index is 0.312. The van der Waals surface area contributed by atoms with Crippen molar-refractivity contribution in [3.8, 4) is 0 Å². The molecule has 0 spiro atoms. The van der Waals surface area contributed by atoms with Crippen molar-refractivity contribution in [3.63, 3.8) is 0 Å². The van der Waals surface area contributed by atoms with Crippen LogP contribution in [0.4, 0.5) is 0 Å². The quantitative estimate of drug-likeness (QED) is 0.591. The molecule has 1 nitrogen and oxygen atoms in total. The maximum Gasteiger partial charge on any atom is 0.124 e. The van der Waals surface area contributed by atoms with Gasteiger partial charge in [-0.15, -0.1) is 0 Å². The van der Waals surface area contributed by atoms with Crippen molar-refractivity contribution in [2.24, 2.45) is 0 Å². The van der Waals surface area contributed by atoms with Crippen molar-refractivity contribution >= 4 is 12.2 Å². The van der Waals surface area contributed by atoms with E-state index >= 15 is 0 Å². The Morgan fingerprint density at radius 2 is 2.00 bits per heavy atom. The van der Waals surface area contributed by atoms with Crippen LogP contribution in [0.2, 0.25) is 0 Å². The highest BCUT2D eigenvalue weighted by Crippen LogP contribution is 2.30. The molecule has 0 amide bonds. The van der Waals surface area contributed by atoms with Crippen LogP contribution in [-0.4, -0.2) is 6.10 Å². The molecule has 1 unspecified atom stereocenters. The molecule has 1 aromatic carbocycles. The molecule has 1 heterocycles. The van der Waals surface area contributed by atoms with Crippen molar-refractivity contribution in [3.05, 3.63) is 46.0 Å². The molecular weight excluding hydrogens is 172 g/mol. The Labute approximate surface area is 83.0 Å². The lowest BCUT2D eigenvalue weighted by Crippen LogP contribution is -2.25. The van der Waals surface area contributed by atoms with E-state index in [4.69, 9.17) is 4.74 Å². The van der Waals surface area contributed by atoms with Gasteiger partial charge in [-0.2, -0.15) is 0 Å². The highest BCUT2D eigenvalue weighted by Gasteiger charge is 2.25. The van der Waals surface area contributed by atoms with Crippen LogP contribution in [0.25, 0.3) is 12.2 Å². The van der Waals surface area contributed by atoms with Crippen LogP contribution >= 0.6 is 0 Å². The van der Waals surface area contributed by atoms with Crippen LogP contribution in [0.15, 0.2) is 35.6 Å². The number of benzene rings is 1. The molecule has 0 saturated heterocycles. The third-order valence-electron chi connectivity index (χ3n) is 2.94. The van der Waals surface area contributed by atoms with Gasteiger partial charge in [-0.25, -0.2) is 0 Å². The molecule has 0 bridgehead atoms.